The minimum absolute atomic E-state index is 0.0607. The molecule has 0 fully saturated rings. The number of hydrogen-bond acceptors (Lipinski definition) is 3. The van der Waals surface area contributed by atoms with Crippen LogP contribution >= 0.6 is 11.6 Å². The molecule has 1 N–H and O–H groups in total. The molecule has 2 aromatic carbocycles. The van der Waals surface area contributed by atoms with Gasteiger partial charge in [-0.15, -0.1) is 0 Å². The van der Waals surface area contributed by atoms with Crippen LogP contribution < -0.4 is 10.2 Å². The molecule has 0 bridgehead atoms. The highest BCUT2D eigenvalue weighted by Crippen LogP contribution is 2.34. The van der Waals surface area contributed by atoms with Crippen molar-refractivity contribution in [1.82, 2.24) is 4.98 Å². The van der Waals surface area contributed by atoms with Crippen molar-refractivity contribution in [1.29, 1.82) is 0 Å². The number of nitrogens with zero attached hydrogens (tertiary/aromatic N) is 2. The lowest BCUT2D eigenvalue weighted by molar-refractivity contribution is -0.169. The number of urea groups is 1. The molecule has 27 heavy (non-hydrogen) atoms. The van der Waals surface area contributed by atoms with Gasteiger partial charge in [0, 0.05) is 11.1 Å². The van der Waals surface area contributed by atoms with E-state index in [9.17, 15) is 22.8 Å². The van der Waals surface area contributed by atoms with Crippen LogP contribution in [-0.4, -0.2) is 23.1 Å². The van der Waals surface area contributed by atoms with E-state index in [1.54, 1.807) is 36.4 Å². The van der Waals surface area contributed by atoms with Gasteiger partial charge < -0.3 is 5.32 Å². The fraction of sp³-hybridized carbons (Fsp3) is 0.0556. The van der Waals surface area contributed by atoms with Crippen LogP contribution in [0, 0.1) is 0 Å². The minimum atomic E-state index is -5.29. The molecule has 1 heterocycles. The van der Waals surface area contributed by atoms with E-state index in [1.165, 1.54) is 18.2 Å². The van der Waals surface area contributed by atoms with Crippen molar-refractivity contribution in [3.05, 3.63) is 65.8 Å². The highest BCUT2D eigenvalue weighted by Gasteiger charge is 2.46. The standard InChI is InChI=1S/C18H11ClF3N3O2/c19-15-12-8-4-5-9-13(12)23-10-14(15)25(16(26)18(20,21)22)17(27)24-11-6-2-1-3-7-11/h1-10H,(H,24,27). The fourth-order valence-electron chi connectivity index (χ4n) is 2.39. The van der Waals surface area contributed by atoms with Gasteiger partial charge in [0.2, 0.25) is 0 Å². The van der Waals surface area contributed by atoms with Crippen molar-refractivity contribution in [3.63, 3.8) is 0 Å². The Balaban J connectivity index is 2.09. The maximum atomic E-state index is 13.1. The van der Waals surface area contributed by atoms with Gasteiger partial charge in [-0.05, 0) is 18.2 Å². The second-order valence-corrected chi connectivity index (χ2v) is 5.79. The van der Waals surface area contributed by atoms with Crippen molar-refractivity contribution < 1.29 is 22.8 Å². The van der Waals surface area contributed by atoms with Crippen LogP contribution in [0.3, 0.4) is 0 Å². The number of aromatic nitrogens is 1. The van der Waals surface area contributed by atoms with Crippen LogP contribution in [0.4, 0.5) is 29.3 Å². The molecule has 0 atom stereocenters. The molecule has 0 aliphatic rings. The Kier molecular flexibility index (Phi) is 5.00. The van der Waals surface area contributed by atoms with E-state index in [-0.39, 0.29) is 15.6 Å². The van der Waals surface area contributed by atoms with Gasteiger partial charge in [0.05, 0.1) is 22.4 Å². The maximum absolute atomic E-state index is 13.1. The largest absolute Gasteiger partial charge is 0.472 e. The highest BCUT2D eigenvalue weighted by molar-refractivity contribution is 6.40. The predicted octanol–water partition coefficient (Wildman–Crippen LogP) is 5.02. The van der Waals surface area contributed by atoms with Gasteiger partial charge in [-0.2, -0.15) is 13.2 Å². The molecule has 9 heteroatoms. The monoisotopic (exact) mass is 393 g/mol. The van der Waals surface area contributed by atoms with Crippen LogP contribution in [0.5, 0.6) is 0 Å². The molecule has 0 saturated heterocycles. The summed E-state index contributed by atoms with van der Waals surface area (Å²) in [5, 5.41) is 2.36. The number of fused-ring (bicyclic) bond motifs is 1. The Morgan fingerprint density at radius 1 is 1.00 bits per heavy atom. The van der Waals surface area contributed by atoms with E-state index >= 15 is 0 Å². The summed E-state index contributed by atoms with van der Waals surface area (Å²) in [5.41, 5.74) is 0.160. The quantitative estimate of drug-likeness (QED) is 0.665. The smallest absolute Gasteiger partial charge is 0.307 e. The zero-order valence-corrected chi connectivity index (χ0v) is 14.3. The summed E-state index contributed by atoms with van der Waals surface area (Å²) in [5.74, 6) is -2.38. The van der Waals surface area contributed by atoms with Crippen molar-refractivity contribution in [2.75, 3.05) is 10.2 Å². The van der Waals surface area contributed by atoms with Gasteiger partial charge >= 0.3 is 18.1 Å². The second-order valence-electron chi connectivity index (χ2n) is 5.41. The Morgan fingerprint density at radius 3 is 2.30 bits per heavy atom. The normalized spacial score (nSPS) is 11.3. The Bertz CT molecular complexity index is 1010. The molecule has 0 saturated carbocycles. The van der Waals surface area contributed by atoms with Gasteiger partial charge in [0.15, 0.2) is 0 Å². The molecule has 3 amide bonds. The molecular weight excluding hydrogens is 383 g/mol. The van der Waals surface area contributed by atoms with Crippen LogP contribution in [-0.2, 0) is 4.79 Å². The third kappa shape index (κ3) is 3.85. The molecule has 3 aromatic rings. The SMILES string of the molecule is O=C(Nc1ccccc1)N(C(=O)C(F)(F)F)c1cnc2ccccc2c1Cl. The van der Waals surface area contributed by atoms with Crippen molar-refractivity contribution in [2.45, 2.75) is 6.18 Å². The maximum Gasteiger partial charge on any atom is 0.472 e. The summed E-state index contributed by atoms with van der Waals surface area (Å²) >= 11 is 6.20. The second kappa shape index (κ2) is 7.24. The lowest BCUT2D eigenvalue weighted by Gasteiger charge is -2.23. The van der Waals surface area contributed by atoms with Gasteiger partial charge in [-0.1, -0.05) is 48.0 Å². The molecule has 0 unspecified atom stereocenters. The number of halogens is 4. The average molecular weight is 394 g/mol. The molecule has 3 rings (SSSR count). The lowest BCUT2D eigenvalue weighted by atomic mass is 10.2. The summed E-state index contributed by atoms with van der Waals surface area (Å²) in [4.78, 5) is 28.4. The third-order valence-electron chi connectivity index (χ3n) is 3.61. The first-order valence-electron chi connectivity index (χ1n) is 7.59. The molecule has 138 valence electrons. The van der Waals surface area contributed by atoms with E-state index in [4.69, 9.17) is 11.6 Å². The number of imide groups is 1. The molecule has 0 radical (unpaired) electrons. The molecule has 1 aromatic heterocycles. The lowest BCUT2D eigenvalue weighted by Crippen LogP contribution is -2.47. The first-order valence-corrected chi connectivity index (χ1v) is 7.97. The van der Waals surface area contributed by atoms with Gasteiger partial charge in [-0.25, -0.2) is 9.69 Å². The number of carbonyl (C=O) groups excluding carboxylic acids is 2. The van der Waals surface area contributed by atoms with E-state index in [1.807, 2.05) is 0 Å². The Hall–Kier alpha value is -3.13. The number of anilines is 2. The molecule has 0 aliphatic carbocycles. The number of amides is 3. The number of hydrogen-bond donors (Lipinski definition) is 1. The Labute approximate surface area is 156 Å². The van der Waals surface area contributed by atoms with Crippen LogP contribution in [0.1, 0.15) is 0 Å². The fourth-order valence-corrected chi connectivity index (χ4v) is 2.68. The van der Waals surface area contributed by atoms with Gasteiger partial charge in [0.1, 0.15) is 0 Å². The zero-order valence-electron chi connectivity index (χ0n) is 13.5. The number of carbonyl (C=O) groups is 2. The number of para-hydroxylation sites is 2. The molecular formula is C18H11ClF3N3O2. The molecule has 0 aliphatic heterocycles. The topological polar surface area (TPSA) is 62.3 Å². The van der Waals surface area contributed by atoms with Crippen LogP contribution in [0.25, 0.3) is 10.9 Å². The van der Waals surface area contributed by atoms with Crippen LogP contribution in [0.2, 0.25) is 5.02 Å². The van der Waals surface area contributed by atoms with Crippen LogP contribution in [0.15, 0.2) is 60.8 Å². The zero-order chi connectivity index (χ0) is 19.6. The first-order chi connectivity index (χ1) is 12.8. The van der Waals surface area contributed by atoms with E-state index in [2.05, 4.69) is 10.3 Å². The summed E-state index contributed by atoms with van der Waals surface area (Å²) in [7, 11) is 0. The number of benzene rings is 2. The summed E-state index contributed by atoms with van der Waals surface area (Å²) in [6.07, 6.45) is -4.33. The van der Waals surface area contributed by atoms with E-state index in [0.29, 0.717) is 10.9 Å². The number of nitrogens with one attached hydrogen (secondary N) is 1. The predicted molar refractivity (Wildman–Crippen MR) is 95.8 cm³/mol. The Morgan fingerprint density at radius 2 is 1.63 bits per heavy atom. The third-order valence-corrected chi connectivity index (χ3v) is 4.00. The number of alkyl halides is 3. The highest BCUT2D eigenvalue weighted by atomic mass is 35.5. The van der Waals surface area contributed by atoms with Gasteiger partial charge in [0.25, 0.3) is 0 Å². The van der Waals surface area contributed by atoms with E-state index < -0.39 is 23.8 Å². The molecule has 5 nitrogen and oxygen atoms in total. The minimum Gasteiger partial charge on any atom is -0.307 e. The average Bonchev–Trinajstić information content (AvgIpc) is 2.64. The molecule has 0 spiro atoms. The first kappa shape index (κ1) is 18.7. The number of rotatable bonds is 2. The summed E-state index contributed by atoms with van der Waals surface area (Å²) in [6, 6.07) is 12.9. The van der Waals surface area contributed by atoms with Crippen molar-refractivity contribution in [2.24, 2.45) is 0 Å². The van der Waals surface area contributed by atoms with Crippen molar-refractivity contribution >= 4 is 45.8 Å². The number of pyridine rings is 1. The van der Waals surface area contributed by atoms with Crippen molar-refractivity contribution in [3.8, 4) is 0 Å². The summed E-state index contributed by atoms with van der Waals surface area (Å²) < 4.78 is 39.3. The summed E-state index contributed by atoms with van der Waals surface area (Å²) in [6.45, 7) is 0. The van der Waals surface area contributed by atoms with Gasteiger partial charge in [-0.3, -0.25) is 9.78 Å². The van der Waals surface area contributed by atoms with E-state index in [0.717, 1.165) is 6.20 Å².